The van der Waals surface area contributed by atoms with Crippen LogP contribution in [0.1, 0.15) is 26.7 Å². The van der Waals surface area contributed by atoms with Gasteiger partial charge in [-0.25, -0.2) is 0 Å². The first kappa shape index (κ1) is 15.0. The van der Waals surface area contributed by atoms with E-state index in [1.807, 2.05) is 0 Å². The number of aliphatic carboxylic acids is 1. The van der Waals surface area contributed by atoms with Crippen molar-refractivity contribution in [2.45, 2.75) is 51.0 Å². The van der Waals surface area contributed by atoms with Crippen molar-refractivity contribution >= 4 is 23.7 Å². The number of rotatable bonds is 4. The van der Waals surface area contributed by atoms with Gasteiger partial charge in [-0.2, -0.15) is 0 Å². The van der Waals surface area contributed by atoms with Gasteiger partial charge in [0.05, 0.1) is 24.0 Å². The molecule has 0 saturated carbocycles. The normalized spacial score (nSPS) is 35.5. The molecule has 3 aliphatic heterocycles. The maximum atomic E-state index is 12.5. The third kappa shape index (κ3) is 2.01. The highest BCUT2D eigenvalue weighted by Crippen LogP contribution is 2.48. The Morgan fingerprint density at radius 3 is 2.14 bits per heavy atom. The second kappa shape index (κ2) is 5.05. The highest BCUT2D eigenvalue weighted by molar-refractivity contribution is 6.09. The van der Waals surface area contributed by atoms with Crippen LogP contribution in [0.2, 0.25) is 0 Å². The molecule has 120 valence electrons. The van der Waals surface area contributed by atoms with E-state index in [1.165, 1.54) is 13.8 Å². The van der Waals surface area contributed by atoms with Gasteiger partial charge < -0.3 is 15.2 Å². The first-order valence-electron chi connectivity index (χ1n) is 7.38. The molecule has 22 heavy (non-hydrogen) atoms. The third-order valence-corrected chi connectivity index (χ3v) is 4.81. The number of hydrogen-bond donors (Lipinski definition) is 2. The Morgan fingerprint density at radius 1 is 1.18 bits per heavy atom. The number of imide groups is 1. The summed E-state index contributed by atoms with van der Waals surface area (Å²) in [6.45, 7) is 2.76. The molecule has 3 aliphatic rings. The minimum atomic E-state index is -1.18. The third-order valence-electron chi connectivity index (χ3n) is 4.81. The van der Waals surface area contributed by atoms with Crippen molar-refractivity contribution in [2.75, 3.05) is 0 Å². The Kier molecular flexibility index (Phi) is 3.43. The smallest absolute Gasteiger partial charge is 0.325 e. The number of likely N-dealkylation sites (tertiary alicyclic amines) is 1. The number of carboxylic acid groups (broad SMARTS) is 1. The number of nitrogens with one attached hydrogen (secondary N) is 1. The fourth-order valence-electron chi connectivity index (χ4n) is 3.63. The summed E-state index contributed by atoms with van der Waals surface area (Å²) in [4.78, 5) is 48.8. The monoisotopic (exact) mass is 310 g/mol. The van der Waals surface area contributed by atoms with Crippen molar-refractivity contribution in [3.05, 3.63) is 0 Å². The van der Waals surface area contributed by atoms with Crippen molar-refractivity contribution in [2.24, 2.45) is 11.8 Å². The molecule has 8 nitrogen and oxygen atoms in total. The summed E-state index contributed by atoms with van der Waals surface area (Å²) in [7, 11) is 0. The van der Waals surface area contributed by atoms with Crippen LogP contribution in [0.3, 0.4) is 0 Å². The average Bonchev–Trinajstić information content (AvgIpc) is 3.12. The Morgan fingerprint density at radius 2 is 1.68 bits per heavy atom. The van der Waals surface area contributed by atoms with Crippen molar-refractivity contribution in [1.29, 1.82) is 0 Å². The summed E-state index contributed by atoms with van der Waals surface area (Å²) in [5, 5.41) is 11.1. The molecule has 3 rings (SSSR count). The second-order valence-electron chi connectivity index (χ2n) is 6.13. The van der Waals surface area contributed by atoms with Crippen LogP contribution in [0.25, 0.3) is 0 Å². The first-order valence-corrected chi connectivity index (χ1v) is 7.38. The van der Waals surface area contributed by atoms with Gasteiger partial charge in [-0.1, -0.05) is 0 Å². The molecule has 3 heterocycles. The van der Waals surface area contributed by atoms with Gasteiger partial charge >= 0.3 is 5.97 Å². The zero-order valence-electron chi connectivity index (χ0n) is 12.3. The molecule has 8 heteroatoms. The number of carboxylic acids is 1. The van der Waals surface area contributed by atoms with Gasteiger partial charge in [0, 0.05) is 0 Å². The molecule has 0 spiro atoms. The van der Waals surface area contributed by atoms with Crippen LogP contribution in [-0.4, -0.2) is 58.0 Å². The van der Waals surface area contributed by atoms with Gasteiger partial charge in [0.15, 0.2) is 0 Å². The Bertz CT molecular complexity index is 534. The maximum absolute atomic E-state index is 12.5. The average molecular weight is 310 g/mol. The van der Waals surface area contributed by atoms with Crippen molar-refractivity contribution in [3.63, 3.8) is 0 Å². The lowest BCUT2D eigenvalue weighted by Gasteiger charge is -2.24. The molecule has 3 saturated heterocycles. The van der Waals surface area contributed by atoms with E-state index in [0.717, 1.165) is 17.7 Å². The van der Waals surface area contributed by atoms with Gasteiger partial charge in [0.25, 0.3) is 0 Å². The number of nitrogens with zero attached hydrogens (tertiary/aromatic N) is 1. The summed E-state index contributed by atoms with van der Waals surface area (Å²) in [5.74, 6) is -3.56. The van der Waals surface area contributed by atoms with Gasteiger partial charge in [-0.05, 0) is 26.7 Å². The minimum absolute atomic E-state index is 0.232. The fraction of sp³-hybridized carbons (Fsp3) is 0.714. The Hall–Kier alpha value is -1.96. The molecule has 6 unspecified atom stereocenters. The topological polar surface area (TPSA) is 113 Å². The lowest BCUT2D eigenvalue weighted by atomic mass is 9.81. The van der Waals surface area contributed by atoms with Gasteiger partial charge in [0.1, 0.15) is 12.1 Å². The molecule has 3 fully saturated rings. The van der Waals surface area contributed by atoms with E-state index in [9.17, 15) is 19.2 Å². The van der Waals surface area contributed by atoms with E-state index >= 15 is 0 Å². The summed E-state index contributed by atoms with van der Waals surface area (Å²) < 4.78 is 5.62. The van der Waals surface area contributed by atoms with E-state index in [1.54, 1.807) is 0 Å². The standard InChI is InChI=1S/C14H18N2O6/c1-5(14(20)21)15-11(17)6(2)16-12(18)9-7-3-4-8(22-7)10(9)13(16)19/h5-10H,3-4H2,1-2H3,(H,15,17)(H,20,21). The fourth-order valence-corrected chi connectivity index (χ4v) is 3.63. The summed E-state index contributed by atoms with van der Waals surface area (Å²) >= 11 is 0. The quantitative estimate of drug-likeness (QED) is 0.652. The van der Waals surface area contributed by atoms with Crippen LogP contribution in [-0.2, 0) is 23.9 Å². The van der Waals surface area contributed by atoms with Crippen LogP contribution in [0, 0.1) is 11.8 Å². The lowest BCUT2D eigenvalue weighted by Crippen LogP contribution is -2.52. The maximum Gasteiger partial charge on any atom is 0.325 e. The minimum Gasteiger partial charge on any atom is -0.480 e. The number of carbonyl (C=O) groups excluding carboxylic acids is 3. The van der Waals surface area contributed by atoms with Crippen molar-refractivity contribution < 1.29 is 29.0 Å². The van der Waals surface area contributed by atoms with E-state index in [4.69, 9.17) is 9.84 Å². The molecule has 3 amide bonds. The van der Waals surface area contributed by atoms with E-state index in [-0.39, 0.29) is 24.0 Å². The predicted octanol–water partition coefficient (Wildman–Crippen LogP) is -0.873. The predicted molar refractivity (Wildman–Crippen MR) is 71.4 cm³/mol. The van der Waals surface area contributed by atoms with Crippen LogP contribution < -0.4 is 5.32 Å². The summed E-state index contributed by atoms with van der Waals surface area (Å²) in [6.07, 6.45) is 1.05. The summed E-state index contributed by atoms with van der Waals surface area (Å²) in [6, 6.07) is -2.10. The Balaban J connectivity index is 1.75. The molecular weight excluding hydrogens is 292 g/mol. The zero-order chi connectivity index (χ0) is 16.2. The second-order valence-corrected chi connectivity index (χ2v) is 6.13. The molecule has 0 aromatic rings. The van der Waals surface area contributed by atoms with Crippen LogP contribution in [0.5, 0.6) is 0 Å². The molecule has 0 aliphatic carbocycles. The van der Waals surface area contributed by atoms with Crippen LogP contribution in [0.4, 0.5) is 0 Å². The molecular formula is C14H18N2O6. The molecule has 2 N–H and O–H groups in total. The lowest BCUT2D eigenvalue weighted by molar-refractivity contribution is -0.150. The van der Waals surface area contributed by atoms with Crippen molar-refractivity contribution in [1.82, 2.24) is 10.2 Å². The number of ether oxygens (including phenoxy) is 1. The van der Waals surface area contributed by atoms with Crippen molar-refractivity contribution in [3.8, 4) is 0 Å². The highest BCUT2D eigenvalue weighted by Gasteiger charge is 2.63. The van der Waals surface area contributed by atoms with Gasteiger partial charge in [-0.3, -0.25) is 24.1 Å². The SMILES string of the molecule is CC(NC(=O)C(C)N1C(=O)C2C3CCC(O3)C2C1=O)C(=O)O. The zero-order valence-corrected chi connectivity index (χ0v) is 12.3. The van der Waals surface area contributed by atoms with Gasteiger partial charge in [0.2, 0.25) is 17.7 Å². The van der Waals surface area contributed by atoms with Crippen LogP contribution in [0.15, 0.2) is 0 Å². The molecule has 0 aromatic heterocycles. The van der Waals surface area contributed by atoms with Gasteiger partial charge in [-0.15, -0.1) is 0 Å². The molecule has 2 bridgehead atoms. The molecule has 0 radical (unpaired) electrons. The Labute approximate surface area is 126 Å². The molecule has 0 aromatic carbocycles. The summed E-state index contributed by atoms with van der Waals surface area (Å²) in [5.41, 5.74) is 0. The largest absolute Gasteiger partial charge is 0.480 e. The van der Waals surface area contributed by atoms with E-state index < -0.39 is 35.8 Å². The van der Waals surface area contributed by atoms with Crippen LogP contribution >= 0.6 is 0 Å². The number of carbonyl (C=O) groups is 4. The number of fused-ring (bicyclic) bond motifs is 5. The molecule has 6 atom stereocenters. The highest BCUT2D eigenvalue weighted by atomic mass is 16.5. The number of amides is 3. The van der Waals surface area contributed by atoms with E-state index in [2.05, 4.69) is 5.32 Å². The van der Waals surface area contributed by atoms with E-state index in [0.29, 0.717) is 0 Å². The first-order chi connectivity index (χ1) is 10.3. The number of hydrogen-bond acceptors (Lipinski definition) is 5.